The lowest BCUT2D eigenvalue weighted by Crippen LogP contribution is -2.61. The van der Waals surface area contributed by atoms with Gasteiger partial charge in [-0.15, -0.1) is 0 Å². The number of hydrogen-bond acceptors (Lipinski definition) is 12. The van der Waals surface area contributed by atoms with Crippen molar-refractivity contribution in [2.75, 3.05) is 9.80 Å². The van der Waals surface area contributed by atoms with E-state index in [-0.39, 0.29) is 13.2 Å². The van der Waals surface area contributed by atoms with Crippen molar-refractivity contribution in [1.29, 1.82) is 0 Å². The van der Waals surface area contributed by atoms with Crippen LogP contribution in [0.1, 0.15) is 31.8 Å². The summed E-state index contributed by atoms with van der Waals surface area (Å²) in [4.78, 5) is 67.1. The van der Waals surface area contributed by atoms with Gasteiger partial charge in [-0.25, -0.2) is 39.5 Å². The summed E-state index contributed by atoms with van der Waals surface area (Å²) in [6.45, 7) is -0.501. The second kappa shape index (κ2) is 34.3. The molecule has 0 atom stereocenters. The molecule has 0 unspecified atom stereocenters. The van der Waals surface area contributed by atoms with Crippen LogP contribution < -0.4 is 26.2 Å². The van der Waals surface area contributed by atoms with E-state index in [2.05, 4.69) is 257 Å². The number of fused-ring (bicyclic) bond motifs is 7. The van der Waals surface area contributed by atoms with E-state index in [1.165, 1.54) is 0 Å². The zero-order chi connectivity index (χ0) is 88.0. The van der Waals surface area contributed by atoms with Crippen molar-refractivity contribution < 1.29 is 19.1 Å². The molecular weight excluding hydrogens is 1620 g/mol. The monoisotopic (exact) mass is 1700 g/mol. The summed E-state index contributed by atoms with van der Waals surface area (Å²) in [5.41, 5.74) is 27.6. The second-order valence-corrected chi connectivity index (χ2v) is 33.1. The molecule has 5 heterocycles. The van der Waals surface area contributed by atoms with Crippen LogP contribution in [-0.2, 0) is 22.7 Å². The Hall–Kier alpha value is -17.6. The van der Waals surface area contributed by atoms with Gasteiger partial charge in [-0.2, -0.15) is 0 Å². The number of rotatable bonds is 20. The number of carbonyl (C=O) groups is 2. The van der Waals surface area contributed by atoms with Crippen LogP contribution in [-0.4, -0.2) is 53.1 Å². The van der Waals surface area contributed by atoms with E-state index in [1.54, 1.807) is 0 Å². The highest BCUT2D eigenvalue weighted by atomic mass is 16.5. The van der Waals surface area contributed by atoms with E-state index in [9.17, 15) is 0 Å². The Bertz CT molecular complexity index is 7490. The largest absolute Gasteiger partial charge is 0.457 e. The first kappa shape index (κ1) is 79.1. The summed E-state index contributed by atoms with van der Waals surface area (Å²) in [5, 5.41) is 1.99. The van der Waals surface area contributed by atoms with E-state index >= 15 is 9.59 Å². The minimum absolute atomic E-state index is 0.0682. The number of aromatic nitrogens is 7. The summed E-state index contributed by atoms with van der Waals surface area (Å²) in [6.07, 6.45) is 0. The Balaban J connectivity index is 0.787. The molecular formula is C118H78BN9O4. The number of nitrogens with zero attached hydrogens (tertiary/aromatic N) is 9. The lowest BCUT2D eigenvalue weighted by Gasteiger charge is -2.45. The van der Waals surface area contributed by atoms with Crippen LogP contribution in [0.15, 0.2) is 449 Å². The van der Waals surface area contributed by atoms with Gasteiger partial charge in [0.1, 0.15) is 13.2 Å². The van der Waals surface area contributed by atoms with Gasteiger partial charge in [-0.05, 0) is 192 Å². The molecule has 23 rings (SSSR count). The SMILES string of the molecule is O=C(OCc1ccccc1)c1ccc2c(c1)B1c3cc(C(=O)OCc4ccccc4)ccc3N(c3cc(-c4ccccc4)cc(-c4ccccc4)c3)c3cc(-c4ccc5c(c4)c4ccccc4n5-c4ccc(-c5nc(-c6ccccc6)nc(-c6ccccc6)n5)cc4-c4nc(-c5ccccc5)nc(-c5ccccc5)n4)cc(c31)N2c1cc(-c2ccccc2)cc(-c2ccccc2)c1. The molecule has 622 valence electrons. The van der Waals surface area contributed by atoms with Crippen LogP contribution in [0.25, 0.3) is 151 Å². The first-order valence-electron chi connectivity index (χ1n) is 44.2. The number of benzene rings is 18. The highest BCUT2D eigenvalue weighted by Gasteiger charge is 2.45. The smallest absolute Gasteiger partial charge is 0.338 e. The molecule has 0 aliphatic carbocycles. The Kier molecular flexibility index (Phi) is 20.5. The molecule has 2 aliphatic heterocycles. The van der Waals surface area contributed by atoms with Gasteiger partial charge in [0.15, 0.2) is 34.9 Å². The normalized spacial score (nSPS) is 11.9. The molecule has 2 aliphatic rings. The average molecular weight is 1700 g/mol. The van der Waals surface area contributed by atoms with Gasteiger partial charge in [0.25, 0.3) is 6.71 Å². The lowest BCUT2D eigenvalue weighted by atomic mass is 9.33. The number of para-hydroxylation sites is 1. The molecule has 13 nitrogen and oxygen atoms in total. The minimum atomic E-state index is -0.637. The van der Waals surface area contributed by atoms with Gasteiger partial charge >= 0.3 is 11.9 Å². The number of anilines is 6. The number of ether oxygens (including phenoxy) is 2. The number of hydrogen-bond donors (Lipinski definition) is 0. The maximum atomic E-state index is 15.2. The van der Waals surface area contributed by atoms with Crippen LogP contribution >= 0.6 is 0 Å². The van der Waals surface area contributed by atoms with E-state index < -0.39 is 18.7 Å². The van der Waals surface area contributed by atoms with Crippen molar-refractivity contribution in [1.82, 2.24) is 34.5 Å². The third-order valence-corrected chi connectivity index (χ3v) is 24.9. The molecule has 0 saturated carbocycles. The zero-order valence-corrected chi connectivity index (χ0v) is 71.4. The predicted octanol–water partition coefficient (Wildman–Crippen LogP) is 26.3. The maximum absolute atomic E-state index is 15.2. The Labute approximate surface area is 763 Å². The molecule has 0 N–H and O–H groups in total. The summed E-state index contributed by atoms with van der Waals surface area (Å²) >= 11 is 0. The molecule has 14 heteroatoms. The van der Waals surface area contributed by atoms with Crippen LogP contribution in [0.4, 0.5) is 34.1 Å². The predicted molar refractivity (Wildman–Crippen MR) is 532 cm³/mol. The molecule has 0 bridgehead atoms. The van der Waals surface area contributed by atoms with Gasteiger partial charge in [0.05, 0.1) is 27.8 Å². The van der Waals surface area contributed by atoms with E-state index in [0.29, 0.717) is 51.6 Å². The van der Waals surface area contributed by atoms with Crippen LogP contribution in [0.3, 0.4) is 0 Å². The summed E-state index contributed by atoms with van der Waals surface area (Å²) in [5.74, 6) is 2.03. The zero-order valence-electron chi connectivity index (χ0n) is 71.4. The average Bonchev–Trinajstić information content (AvgIpc) is 0.953. The van der Waals surface area contributed by atoms with Crippen LogP contribution in [0, 0.1) is 0 Å². The molecule has 132 heavy (non-hydrogen) atoms. The van der Waals surface area contributed by atoms with Crippen molar-refractivity contribution in [2.45, 2.75) is 13.2 Å². The van der Waals surface area contributed by atoms with E-state index in [4.69, 9.17) is 39.4 Å². The minimum Gasteiger partial charge on any atom is -0.457 e. The summed E-state index contributed by atoms with van der Waals surface area (Å²) in [7, 11) is 0. The Morgan fingerprint density at radius 3 is 0.947 bits per heavy atom. The Morgan fingerprint density at radius 2 is 0.553 bits per heavy atom. The molecule has 3 aromatic heterocycles. The number of carbonyl (C=O) groups excluding carboxylic acids is 2. The second-order valence-electron chi connectivity index (χ2n) is 33.1. The molecule has 18 aromatic carbocycles. The van der Waals surface area contributed by atoms with Crippen molar-refractivity contribution in [3.05, 3.63) is 471 Å². The third-order valence-electron chi connectivity index (χ3n) is 24.9. The maximum Gasteiger partial charge on any atom is 0.338 e. The standard InChI is InChI=1S/C118H78BN9O4/c129-117(131-75-77-33-11-1-12-34-77)89-57-61-106-101(71-89)119-102-72-90(118(130)132-76-78-35-13-2-14-36-78)58-62-107(102)127(97-67-93(81-41-19-5-20-42-81)64-94(68-97)82-43-21-6-22-44-82)109-74-95(73-108(110(109)119)126(106)96-65-91(79-37-15-3-16-38-79)63-92(66-96)80-39-17-4-18-40-80)87-55-59-104-99(69-87)98-53-31-32-54-103(98)128(104)105-60-56-88(115-122-111(83-45-23-7-24-46-83)120-112(123-115)84-47-25-8-26-48-84)70-100(105)116-124-113(85-49-27-9-28-50-85)121-114(125-116)86-51-29-10-30-52-86/h1-74H,75-76H2. The highest BCUT2D eigenvalue weighted by Crippen LogP contribution is 2.51. The lowest BCUT2D eigenvalue weighted by molar-refractivity contribution is 0.0464. The summed E-state index contributed by atoms with van der Waals surface area (Å²) in [6, 6.07) is 154. The quantitative estimate of drug-likeness (QED) is 0.0530. The first-order valence-corrected chi connectivity index (χ1v) is 44.2. The molecule has 0 spiro atoms. The van der Waals surface area contributed by atoms with Crippen LogP contribution in [0.2, 0.25) is 0 Å². The molecule has 0 radical (unpaired) electrons. The fraction of sp³-hybridized carbons (Fsp3) is 0.0169. The van der Waals surface area contributed by atoms with Crippen molar-refractivity contribution in [3.8, 4) is 130 Å². The fourth-order valence-electron chi connectivity index (χ4n) is 18.6. The van der Waals surface area contributed by atoms with Crippen molar-refractivity contribution >= 4 is 91.0 Å². The topological polar surface area (TPSA) is 141 Å². The first-order chi connectivity index (χ1) is 65.2. The van der Waals surface area contributed by atoms with Crippen molar-refractivity contribution in [3.63, 3.8) is 0 Å². The summed E-state index contributed by atoms with van der Waals surface area (Å²) < 4.78 is 14.9. The fourth-order valence-corrected chi connectivity index (χ4v) is 18.6. The van der Waals surface area contributed by atoms with Crippen molar-refractivity contribution in [2.24, 2.45) is 0 Å². The van der Waals surface area contributed by atoms with E-state index in [0.717, 1.165) is 173 Å². The molecule has 21 aromatic rings. The Morgan fingerprint density at radius 1 is 0.235 bits per heavy atom. The highest BCUT2D eigenvalue weighted by molar-refractivity contribution is 7.00. The third kappa shape index (κ3) is 15.1. The van der Waals surface area contributed by atoms with Gasteiger partial charge in [-0.3, -0.25) is 0 Å². The van der Waals surface area contributed by atoms with Gasteiger partial charge < -0.3 is 23.8 Å². The molecule has 0 amide bonds. The van der Waals surface area contributed by atoms with Gasteiger partial charge in [0, 0.05) is 78.3 Å². The van der Waals surface area contributed by atoms with Gasteiger partial charge in [-0.1, -0.05) is 340 Å². The molecule has 0 fully saturated rings. The van der Waals surface area contributed by atoms with E-state index in [1.807, 2.05) is 206 Å². The van der Waals surface area contributed by atoms with Crippen LogP contribution in [0.5, 0.6) is 0 Å². The van der Waals surface area contributed by atoms with Gasteiger partial charge in [0.2, 0.25) is 0 Å². The molecule has 0 saturated heterocycles. The number of esters is 2.